The third kappa shape index (κ3) is 4.35. The Bertz CT molecular complexity index is 1070. The number of aliphatic imine (C=N–C) groups is 1. The molecule has 0 saturated carbocycles. The van der Waals surface area contributed by atoms with Crippen LogP contribution < -0.4 is 5.32 Å². The van der Waals surface area contributed by atoms with Crippen LogP contribution in [0.25, 0.3) is 0 Å². The molecular formula is C24H22N2O2S. The van der Waals surface area contributed by atoms with Crippen LogP contribution in [0.2, 0.25) is 0 Å². The topological polar surface area (TPSA) is 61.7 Å². The van der Waals surface area contributed by atoms with Gasteiger partial charge in [0.25, 0.3) is 5.91 Å². The van der Waals surface area contributed by atoms with E-state index in [9.17, 15) is 9.90 Å². The number of benzene rings is 3. The maximum Gasteiger partial charge on any atom is 0.251 e. The van der Waals surface area contributed by atoms with Crippen molar-refractivity contribution in [2.24, 2.45) is 4.99 Å². The summed E-state index contributed by atoms with van der Waals surface area (Å²) in [6, 6.07) is 21.0. The second-order valence-corrected chi connectivity index (χ2v) is 7.95. The van der Waals surface area contributed by atoms with Crippen molar-refractivity contribution in [3.05, 3.63) is 83.4 Å². The lowest BCUT2D eigenvalue weighted by Gasteiger charge is -2.08. The molecule has 0 spiro atoms. The van der Waals surface area contributed by atoms with Gasteiger partial charge in [0.2, 0.25) is 0 Å². The Morgan fingerprint density at radius 3 is 2.62 bits per heavy atom. The molecule has 0 fully saturated rings. The van der Waals surface area contributed by atoms with Gasteiger partial charge in [-0.25, -0.2) is 0 Å². The molecule has 146 valence electrons. The molecule has 1 aliphatic heterocycles. The minimum Gasteiger partial charge on any atom is -0.508 e. The molecule has 4 rings (SSSR count). The molecule has 0 saturated heterocycles. The summed E-state index contributed by atoms with van der Waals surface area (Å²) in [6.07, 6.45) is 1.54. The number of hydrogen-bond acceptors (Lipinski definition) is 4. The number of fused-ring (bicyclic) bond motifs is 2. The largest absolute Gasteiger partial charge is 0.508 e. The van der Waals surface area contributed by atoms with Crippen molar-refractivity contribution < 1.29 is 9.90 Å². The molecule has 1 heterocycles. The van der Waals surface area contributed by atoms with E-state index in [0.29, 0.717) is 18.5 Å². The summed E-state index contributed by atoms with van der Waals surface area (Å²) in [5.41, 5.74) is 4.72. The zero-order chi connectivity index (χ0) is 20.2. The molecule has 0 radical (unpaired) electrons. The van der Waals surface area contributed by atoms with Gasteiger partial charge in [-0.05, 0) is 54.8 Å². The average Bonchev–Trinajstić information content (AvgIpc) is 2.90. The van der Waals surface area contributed by atoms with Crippen molar-refractivity contribution in [1.82, 2.24) is 5.32 Å². The Morgan fingerprint density at radius 2 is 1.83 bits per heavy atom. The van der Waals surface area contributed by atoms with Crippen LogP contribution in [0.15, 0.2) is 81.5 Å². The number of amides is 1. The van der Waals surface area contributed by atoms with Gasteiger partial charge in [-0.15, -0.1) is 0 Å². The van der Waals surface area contributed by atoms with Gasteiger partial charge in [0.05, 0.1) is 5.69 Å². The Morgan fingerprint density at radius 1 is 1.03 bits per heavy atom. The van der Waals surface area contributed by atoms with Gasteiger partial charge in [0.15, 0.2) is 0 Å². The standard InChI is InChI=1S/C24H22N2O2S/c1-2-20-19-5-3-4-6-22(19)29-23-12-9-17(15-21(23)26-20)24(28)25-14-13-16-7-10-18(27)11-8-16/h3-12,15,27H,2,13-14H2,1H3,(H,25,28). The molecule has 0 atom stereocenters. The van der Waals surface area contributed by atoms with Gasteiger partial charge >= 0.3 is 0 Å². The van der Waals surface area contributed by atoms with E-state index in [1.54, 1.807) is 23.9 Å². The van der Waals surface area contributed by atoms with Crippen molar-refractivity contribution >= 4 is 29.1 Å². The van der Waals surface area contributed by atoms with Gasteiger partial charge in [-0.3, -0.25) is 9.79 Å². The lowest BCUT2D eigenvalue weighted by atomic mass is 10.1. The van der Waals surface area contributed by atoms with Crippen LogP contribution in [0.3, 0.4) is 0 Å². The fourth-order valence-electron chi connectivity index (χ4n) is 3.30. The number of carbonyl (C=O) groups is 1. The Balaban J connectivity index is 1.50. The lowest BCUT2D eigenvalue weighted by Crippen LogP contribution is -2.25. The first kappa shape index (κ1) is 19.3. The maximum absolute atomic E-state index is 12.6. The van der Waals surface area contributed by atoms with E-state index in [0.717, 1.165) is 33.8 Å². The molecule has 0 aliphatic carbocycles. The minimum absolute atomic E-state index is 0.105. The van der Waals surface area contributed by atoms with Gasteiger partial charge in [0.1, 0.15) is 5.75 Å². The molecule has 1 aliphatic rings. The highest BCUT2D eigenvalue weighted by Gasteiger charge is 2.17. The van der Waals surface area contributed by atoms with Gasteiger partial charge < -0.3 is 10.4 Å². The smallest absolute Gasteiger partial charge is 0.251 e. The number of hydrogen-bond donors (Lipinski definition) is 2. The molecule has 29 heavy (non-hydrogen) atoms. The third-order valence-corrected chi connectivity index (χ3v) is 6.01. The minimum atomic E-state index is -0.105. The molecule has 4 nitrogen and oxygen atoms in total. The molecule has 1 amide bonds. The van der Waals surface area contributed by atoms with Crippen molar-refractivity contribution in [1.29, 1.82) is 0 Å². The van der Waals surface area contributed by atoms with Crippen LogP contribution in [0.5, 0.6) is 5.75 Å². The predicted octanol–water partition coefficient (Wildman–Crippen LogP) is 5.36. The van der Waals surface area contributed by atoms with E-state index < -0.39 is 0 Å². The van der Waals surface area contributed by atoms with E-state index in [1.165, 1.54) is 4.90 Å². The van der Waals surface area contributed by atoms with E-state index in [-0.39, 0.29) is 11.7 Å². The lowest BCUT2D eigenvalue weighted by molar-refractivity contribution is 0.0954. The number of nitrogens with zero attached hydrogens (tertiary/aromatic N) is 1. The third-order valence-electron chi connectivity index (χ3n) is 4.86. The van der Waals surface area contributed by atoms with Crippen LogP contribution in [0.4, 0.5) is 5.69 Å². The zero-order valence-corrected chi connectivity index (χ0v) is 17.0. The Labute approximate surface area is 174 Å². The van der Waals surface area contributed by atoms with Gasteiger partial charge in [-0.1, -0.05) is 49.0 Å². The van der Waals surface area contributed by atoms with Crippen molar-refractivity contribution in [3.63, 3.8) is 0 Å². The first-order valence-corrected chi connectivity index (χ1v) is 10.5. The highest BCUT2D eigenvalue weighted by Crippen LogP contribution is 2.41. The molecular weight excluding hydrogens is 380 g/mol. The van der Waals surface area contributed by atoms with Crippen molar-refractivity contribution in [2.45, 2.75) is 29.6 Å². The number of rotatable bonds is 5. The second-order valence-electron chi connectivity index (χ2n) is 6.87. The van der Waals surface area contributed by atoms with Crippen LogP contribution in [0.1, 0.15) is 34.8 Å². The van der Waals surface area contributed by atoms with Crippen LogP contribution in [-0.2, 0) is 6.42 Å². The average molecular weight is 403 g/mol. The fraction of sp³-hybridized carbons (Fsp3) is 0.167. The van der Waals surface area contributed by atoms with E-state index in [1.807, 2.05) is 42.5 Å². The predicted molar refractivity (Wildman–Crippen MR) is 118 cm³/mol. The summed E-state index contributed by atoms with van der Waals surface area (Å²) in [7, 11) is 0. The highest BCUT2D eigenvalue weighted by atomic mass is 32.2. The van der Waals surface area contributed by atoms with E-state index in [4.69, 9.17) is 4.99 Å². The van der Waals surface area contributed by atoms with E-state index >= 15 is 0 Å². The molecule has 0 unspecified atom stereocenters. The second kappa shape index (κ2) is 8.53. The zero-order valence-electron chi connectivity index (χ0n) is 16.2. The molecule has 3 aromatic rings. The monoisotopic (exact) mass is 402 g/mol. The first-order valence-electron chi connectivity index (χ1n) is 9.69. The summed E-state index contributed by atoms with van der Waals surface area (Å²) in [6.45, 7) is 2.63. The Hall–Kier alpha value is -3.05. The summed E-state index contributed by atoms with van der Waals surface area (Å²) in [5, 5.41) is 12.3. The van der Waals surface area contributed by atoms with Gasteiger partial charge in [-0.2, -0.15) is 0 Å². The maximum atomic E-state index is 12.6. The van der Waals surface area contributed by atoms with Crippen molar-refractivity contribution in [2.75, 3.05) is 6.54 Å². The quantitative estimate of drug-likeness (QED) is 0.604. The normalized spacial score (nSPS) is 12.4. The van der Waals surface area contributed by atoms with Crippen LogP contribution >= 0.6 is 11.8 Å². The Kier molecular flexibility index (Phi) is 5.67. The number of phenolic OH excluding ortho intramolecular Hbond substituents is 1. The summed E-state index contributed by atoms with van der Waals surface area (Å²) >= 11 is 1.69. The summed E-state index contributed by atoms with van der Waals surface area (Å²) in [5.74, 6) is 0.140. The molecule has 0 bridgehead atoms. The van der Waals surface area contributed by atoms with Crippen LogP contribution in [0, 0.1) is 0 Å². The number of carbonyl (C=O) groups excluding carboxylic acids is 1. The molecule has 0 aromatic heterocycles. The molecule has 2 N–H and O–H groups in total. The highest BCUT2D eigenvalue weighted by molar-refractivity contribution is 7.99. The summed E-state index contributed by atoms with van der Waals surface area (Å²) in [4.78, 5) is 19.7. The van der Waals surface area contributed by atoms with Crippen molar-refractivity contribution in [3.8, 4) is 5.75 Å². The number of aromatic hydroxyl groups is 1. The first-order chi connectivity index (χ1) is 14.1. The molecule has 3 aromatic carbocycles. The van der Waals surface area contributed by atoms with Gasteiger partial charge in [0, 0.05) is 33.2 Å². The fourth-order valence-corrected chi connectivity index (χ4v) is 4.33. The molecule has 5 heteroatoms. The SMILES string of the molecule is CCC1=Nc2cc(C(=O)NCCc3ccc(O)cc3)ccc2Sc2ccccc21. The number of nitrogens with one attached hydrogen (secondary N) is 1. The van der Waals surface area contributed by atoms with Crippen LogP contribution in [-0.4, -0.2) is 23.3 Å². The summed E-state index contributed by atoms with van der Waals surface area (Å²) < 4.78 is 0. The number of phenols is 1. The van der Waals surface area contributed by atoms with E-state index in [2.05, 4.69) is 24.4 Å².